The minimum absolute atomic E-state index is 0.0233. The lowest BCUT2D eigenvalue weighted by Gasteiger charge is -2.18. The molecule has 0 aromatic rings. The third kappa shape index (κ3) is 1.84. The molecule has 0 aromatic carbocycles. The summed E-state index contributed by atoms with van der Waals surface area (Å²) in [7, 11) is 0. The van der Waals surface area contributed by atoms with Crippen molar-refractivity contribution in [2.45, 2.75) is 58.5 Å². The Morgan fingerprint density at radius 3 is 2.21 bits per heavy atom. The Morgan fingerprint density at radius 1 is 1.14 bits per heavy atom. The first-order chi connectivity index (χ1) is 6.77. The second kappa shape index (κ2) is 4.22. The fourth-order valence-corrected chi connectivity index (χ4v) is 3.57. The van der Waals surface area contributed by atoms with Crippen molar-refractivity contribution in [1.82, 2.24) is 0 Å². The van der Waals surface area contributed by atoms with Crippen LogP contribution in [0.4, 0.5) is 0 Å². The van der Waals surface area contributed by atoms with E-state index in [0.717, 1.165) is 24.2 Å². The van der Waals surface area contributed by atoms with Crippen molar-refractivity contribution in [3.63, 3.8) is 0 Å². The summed E-state index contributed by atoms with van der Waals surface area (Å²) in [5.41, 5.74) is 0. The zero-order valence-corrected chi connectivity index (χ0v) is 9.58. The standard InChI is InChI=1S/C13H24O/c1-3-9(4-2)8-12(14)13-10-6-5-7-11(10)13/h9-14H,3-8H2,1-2H3. The molecular formula is C13H24O. The molecule has 0 amide bonds. The molecule has 2 fully saturated rings. The van der Waals surface area contributed by atoms with Crippen LogP contribution >= 0.6 is 0 Å². The molecule has 0 aliphatic heterocycles. The highest BCUT2D eigenvalue weighted by atomic mass is 16.3. The van der Waals surface area contributed by atoms with Crippen LogP contribution in [0.25, 0.3) is 0 Å². The van der Waals surface area contributed by atoms with Crippen molar-refractivity contribution in [2.24, 2.45) is 23.7 Å². The molecule has 3 unspecified atom stereocenters. The van der Waals surface area contributed by atoms with Crippen LogP contribution in [0.2, 0.25) is 0 Å². The highest BCUT2D eigenvalue weighted by molar-refractivity contribution is 5.04. The highest BCUT2D eigenvalue weighted by Gasteiger charge is 2.55. The summed E-state index contributed by atoms with van der Waals surface area (Å²) in [6.07, 6.45) is 7.76. The minimum atomic E-state index is 0.0233. The van der Waals surface area contributed by atoms with Crippen molar-refractivity contribution < 1.29 is 5.11 Å². The van der Waals surface area contributed by atoms with Gasteiger partial charge in [-0.15, -0.1) is 0 Å². The van der Waals surface area contributed by atoms with E-state index in [0.29, 0.717) is 5.92 Å². The number of hydrogen-bond acceptors (Lipinski definition) is 1. The molecule has 1 nitrogen and oxygen atoms in total. The van der Waals surface area contributed by atoms with Crippen molar-refractivity contribution in [2.75, 3.05) is 0 Å². The van der Waals surface area contributed by atoms with Crippen LogP contribution in [-0.2, 0) is 0 Å². The lowest BCUT2D eigenvalue weighted by atomic mass is 9.92. The second-order valence-corrected chi connectivity index (χ2v) is 5.32. The monoisotopic (exact) mass is 196 g/mol. The molecule has 0 bridgehead atoms. The van der Waals surface area contributed by atoms with Gasteiger partial charge in [0.15, 0.2) is 0 Å². The van der Waals surface area contributed by atoms with Crippen LogP contribution in [0.15, 0.2) is 0 Å². The van der Waals surface area contributed by atoms with Gasteiger partial charge in [-0.25, -0.2) is 0 Å². The maximum Gasteiger partial charge on any atom is 0.0576 e. The molecule has 2 rings (SSSR count). The molecule has 3 atom stereocenters. The van der Waals surface area contributed by atoms with Crippen LogP contribution < -0.4 is 0 Å². The van der Waals surface area contributed by atoms with Gasteiger partial charge in [0.1, 0.15) is 0 Å². The van der Waals surface area contributed by atoms with Gasteiger partial charge in [0, 0.05) is 0 Å². The van der Waals surface area contributed by atoms with Gasteiger partial charge in [0.05, 0.1) is 6.10 Å². The van der Waals surface area contributed by atoms with E-state index in [1.165, 1.54) is 32.1 Å². The molecule has 1 N–H and O–H groups in total. The van der Waals surface area contributed by atoms with Gasteiger partial charge in [0.2, 0.25) is 0 Å². The molecule has 82 valence electrons. The van der Waals surface area contributed by atoms with E-state index in [9.17, 15) is 5.11 Å². The van der Waals surface area contributed by atoms with E-state index in [4.69, 9.17) is 0 Å². The molecular weight excluding hydrogens is 172 g/mol. The van der Waals surface area contributed by atoms with Crippen LogP contribution in [0.5, 0.6) is 0 Å². The third-order valence-corrected chi connectivity index (χ3v) is 4.65. The largest absolute Gasteiger partial charge is 0.393 e. The number of hydrogen-bond donors (Lipinski definition) is 1. The van der Waals surface area contributed by atoms with Gasteiger partial charge in [-0.2, -0.15) is 0 Å². The first-order valence-electron chi connectivity index (χ1n) is 6.46. The van der Waals surface area contributed by atoms with Crippen LogP contribution in [0, 0.1) is 23.7 Å². The molecule has 2 aliphatic carbocycles. The zero-order valence-electron chi connectivity index (χ0n) is 9.58. The second-order valence-electron chi connectivity index (χ2n) is 5.32. The maximum absolute atomic E-state index is 10.1. The molecule has 2 saturated carbocycles. The zero-order chi connectivity index (χ0) is 10.1. The van der Waals surface area contributed by atoms with Gasteiger partial charge in [-0.1, -0.05) is 33.1 Å². The van der Waals surface area contributed by atoms with Crippen molar-refractivity contribution in [3.8, 4) is 0 Å². The van der Waals surface area contributed by atoms with E-state index in [1.54, 1.807) is 0 Å². The smallest absolute Gasteiger partial charge is 0.0576 e. The topological polar surface area (TPSA) is 20.2 Å². The fourth-order valence-electron chi connectivity index (χ4n) is 3.57. The number of aliphatic hydroxyl groups excluding tert-OH is 1. The summed E-state index contributed by atoms with van der Waals surface area (Å²) < 4.78 is 0. The van der Waals surface area contributed by atoms with E-state index >= 15 is 0 Å². The fraction of sp³-hybridized carbons (Fsp3) is 1.00. The third-order valence-electron chi connectivity index (χ3n) is 4.65. The van der Waals surface area contributed by atoms with E-state index < -0.39 is 0 Å². The predicted octanol–water partition coefficient (Wildman–Crippen LogP) is 3.22. The molecule has 2 aliphatic rings. The Bertz CT molecular complexity index is 176. The molecule has 0 spiro atoms. The quantitative estimate of drug-likeness (QED) is 0.716. The van der Waals surface area contributed by atoms with Crippen molar-refractivity contribution in [3.05, 3.63) is 0 Å². The summed E-state index contributed by atoms with van der Waals surface area (Å²) in [6, 6.07) is 0. The Balaban J connectivity index is 1.76. The van der Waals surface area contributed by atoms with E-state index in [1.807, 2.05) is 0 Å². The van der Waals surface area contributed by atoms with Crippen LogP contribution in [0.3, 0.4) is 0 Å². The maximum atomic E-state index is 10.1. The first kappa shape index (κ1) is 10.5. The Kier molecular flexibility index (Phi) is 3.16. The highest BCUT2D eigenvalue weighted by Crippen LogP contribution is 2.59. The SMILES string of the molecule is CCC(CC)CC(O)C1C2CCCC21. The number of aliphatic hydroxyl groups is 1. The lowest BCUT2D eigenvalue weighted by Crippen LogP contribution is -2.17. The average molecular weight is 196 g/mol. The summed E-state index contributed by atoms with van der Waals surface area (Å²) in [4.78, 5) is 0. The van der Waals surface area contributed by atoms with Crippen LogP contribution in [0.1, 0.15) is 52.4 Å². The van der Waals surface area contributed by atoms with E-state index in [2.05, 4.69) is 13.8 Å². The number of fused-ring (bicyclic) bond motifs is 1. The Hall–Kier alpha value is -0.0400. The van der Waals surface area contributed by atoms with Gasteiger partial charge in [-0.05, 0) is 42.9 Å². The van der Waals surface area contributed by atoms with Gasteiger partial charge < -0.3 is 5.11 Å². The number of rotatable bonds is 5. The molecule has 1 heteroatoms. The molecule has 0 heterocycles. The van der Waals surface area contributed by atoms with Crippen molar-refractivity contribution >= 4 is 0 Å². The van der Waals surface area contributed by atoms with Crippen molar-refractivity contribution in [1.29, 1.82) is 0 Å². The minimum Gasteiger partial charge on any atom is -0.393 e. The van der Waals surface area contributed by atoms with Gasteiger partial charge >= 0.3 is 0 Å². The van der Waals surface area contributed by atoms with Gasteiger partial charge in [-0.3, -0.25) is 0 Å². The normalized spacial score (nSPS) is 37.3. The van der Waals surface area contributed by atoms with E-state index in [-0.39, 0.29) is 6.10 Å². The Morgan fingerprint density at radius 2 is 1.71 bits per heavy atom. The molecule has 0 aromatic heterocycles. The lowest BCUT2D eigenvalue weighted by molar-refractivity contribution is 0.104. The summed E-state index contributed by atoms with van der Waals surface area (Å²) in [5.74, 6) is 3.29. The first-order valence-corrected chi connectivity index (χ1v) is 6.46. The summed E-state index contributed by atoms with van der Waals surface area (Å²) in [5, 5.41) is 10.1. The Labute approximate surface area is 87.9 Å². The molecule has 0 saturated heterocycles. The van der Waals surface area contributed by atoms with Crippen LogP contribution in [-0.4, -0.2) is 11.2 Å². The summed E-state index contributed by atoms with van der Waals surface area (Å²) in [6.45, 7) is 4.49. The average Bonchev–Trinajstić information content (AvgIpc) is 2.69. The molecule has 0 radical (unpaired) electrons. The summed E-state index contributed by atoms with van der Waals surface area (Å²) >= 11 is 0. The molecule has 14 heavy (non-hydrogen) atoms. The predicted molar refractivity (Wildman–Crippen MR) is 59.0 cm³/mol. The van der Waals surface area contributed by atoms with Gasteiger partial charge in [0.25, 0.3) is 0 Å².